The maximum Gasteiger partial charge on any atom is 0.305 e. The first-order valence-corrected chi connectivity index (χ1v) is 5.16. The van der Waals surface area contributed by atoms with Crippen LogP contribution in [0.4, 0.5) is 0 Å². The van der Waals surface area contributed by atoms with Crippen molar-refractivity contribution in [2.75, 3.05) is 6.61 Å². The van der Waals surface area contributed by atoms with E-state index in [-0.39, 0.29) is 11.7 Å². The monoisotopic (exact) mass is 208 g/mol. The van der Waals surface area contributed by atoms with Crippen LogP contribution in [0.25, 0.3) is 0 Å². The number of phenolic OH excluding ortho intramolecular Hbond substituents is 1. The number of carbonyl (C=O) groups excluding carboxylic acids is 1. The molecule has 0 saturated heterocycles. The van der Waals surface area contributed by atoms with Gasteiger partial charge in [-0.3, -0.25) is 4.79 Å². The van der Waals surface area contributed by atoms with Crippen LogP contribution in [-0.4, -0.2) is 17.7 Å². The molecule has 0 heterocycles. The Balaban J connectivity index is 2.28. The number of aryl methyl sites for hydroxylation is 1. The lowest BCUT2D eigenvalue weighted by Crippen LogP contribution is -2.03. The number of hydrogen-bond acceptors (Lipinski definition) is 3. The Hall–Kier alpha value is -1.51. The molecule has 82 valence electrons. The summed E-state index contributed by atoms with van der Waals surface area (Å²) in [5.74, 6) is 0.112. The molecule has 0 amide bonds. The predicted octanol–water partition coefficient (Wildman–Crippen LogP) is 2.28. The van der Waals surface area contributed by atoms with Crippen molar-refractivity contribution in [1.29, 1.82) is 0 Å². The molecule has 0 aliphatic rings. The summed E-state index contributed by atoms with van der Waals surface area (Å²) < 4.78 is 4.82. The molecule has 3 nitrogen and oxygen atoms in total. The molecule has 1 aromatic rings. The minimum atomic E-state index is -0.155. The molecule has 3 heteroatoms. The summed E-state index contributed by atoms with van der Waals surface area (Å²) in [6.45, 7) is 2.23. The molecule has 15 heavy (non-hydrogen) atoms. The van der Waals surface area contributed by atoms with Gasteiger partial charge in [0.05, 0.1) is 6.61 Å². The van der Waals surface area contributed by atoms with Crippen LogP contribution in [0.5, 0.6) is 5.75 Å². The van der Waals surface area contributed by atoms with Crippen LogP contribution in [0.2, 0.25) is 0 Å². The lowest BCUT2D eigenvalue weighted by atomic mass is 10.1. The molecule has 0 atom stereocenters. The van der Waals surface area contributed by atoms with Crippen molar-refractivity contribution in [1.82, 2.24) is 0 Å². The van der Waals surface area contributed by atoms with Crippen LogP contribution in [0.15, 0.2) is 24.3 Å². The maximum absolute atomic E-state index is 11.0. The van der Waals surface area contributed by atoms with E-state index >= 15 is 0 Å². The first-order valence-electron chi connectivity index (χ1n) is 5.16. The highest BCUT2D eigenvalue weighted by molar-refractivity contribution is 5.69. The van der Waals surface area contributed by atoms with Crippen molar-refractivity contribution in [3.8, 4) is 5.75 Å². The topological polar surface area (TPSA) is 46.5 Å². The summed E-state index contributed by atoms with van der Waals surface area (Å²) in [6, 6.07) is 7.08. The van der Waals surface area contributed by atoms with Crippen LogP contribution in [-0.2, 0) is 16.0 Å². The molecule has 0 spiro atoms. The standard InChI is InChI=1S/C12H16O3/c1-2-15-12(14)8-4-6-10-5-3-7-11(13)9-10/h3,5,7,9,13H,2,4,6,8H2,1H3. The molecule has 0 saturated carbocycles. The Morgan fingerprint density at radius 3 is 2.93 bits per heavy atom. The fourth-order valence-electron chi connectivity index (χ4n) is 1.38. The summed E-state index contributed by atoms with van der Waals surface area (Å²) in [6.07, 6.45) is 1.97. The molecule has 0 aliphatic heterocycles. The Morgan fingerprint density at radius 2 is 2.27 bits per heavy atom. The Morgan fingerprint density at radius 1 is 1.47 bits per heavy atom. The number of esters is 1. The van der Waals surface area contributed by atoms with E-state index in [2.05, 4.69) is 0 Å². The predicted molar refractivity (Wildman–Crippen MR) is 57.7 cm³/mol. The van der Waals surface area contributed by atoms with Gasteiger partial charge < -0.3 is 9.84 Å². The fourth-order valence-corrected chi connectivity index (χ4v) is 1.38. The average Bonchev–Trinajstić information content (AvgIpc) is 2.18. The van der Waals surface area contributed by atoms with E-state index in [1.165, 1.54) is 0 Å². The van der Waals surface area contributed by atoms with Crippen molar-refractivity contribution in [3.63, 3.8) is 0 Å². The zero-order chi connectivity index (χ0) is 11.1. The summed E-state index contributed by atoms with van der Waals surface area (Å²) in [5.41, 5.74) is 1.04. The van der Waals surface area contributed by atoms with Gasteiger partial charge in [-0.2, -0.15) is 0 Å². The van der Waals surface area contributed by atoms with Crippen molar-refractivity contribution in [2.24, 2.45) is 0 Å². The number of hydrogen-bond donors (Lipinski definition) is 1. The van der Waals surface area contributed by atoms with Gasteiger partial charge in [0.2, 0.25) is 0 Å². The van der Waals surface area contributed by atoms with E-state index in [9.17, 15) is 9.90 Å². The Labute approximate surface area is 89.7 Å². The smallest absolute Gasteiger partial charge is 0.305 e. The summed E-state index contributed by atoms with van der Waals surface area (Å²) >= 11 is 0. The number of benzene rings is 1. The van der Waals surface area contributed by atoms with Crippen LogP contribution >= 0.6 is 0 Å². The van der Waals surface area contributed by atoms with E-state index in [1.807, 2.05) is 6.07 Å². The number of phenols is 1. The normalized spacial score (nSPS) is 9.93. The molecular weight excluding hydrogens is 192 g/mol. The van der Waals surface area contributed by atoms with Crippen molar-refractivity contribution in [3.05, 3.63) is 29.8 Å². The molecule has 0 bridgehead atoms. The quantitative estimate of drug-likeness (QED) is 0.755. The largest absolute Gasteiger partial charge is 0.508 e. The highest BCUT2D eigenvalue weighted by atomic mass is 16.5. The third-order valence-electron chi connectivity index (χ3n) is 2.06. The third kappa shape index (κ3) is 4.49. The van der Waals surface area contributed by atoms with E-state index in [4.69, 9.17) is 4.74 Å². The number of carbonyl (C=O) groups is 1. The van der Waals surface area contributed by atoms with Crippen molar-refractivity contribution in [2.45, 2.75) is 26.2 Å². The Bertz CT molecular complexity index is 320. The van der Waals surface area contributed by atoms with E-state index < -0.39 is 0 Å². The Kier molecular flexibility index (Phi) is 4.68. The minimum absolute atomic E-state index is 0.155. The lowest BCUT2D eigenvalue weighted by Gasteiger charge is -2.02. The zero-order valence-electron chi connectivity index (χ0n) is 8.90. The zero-order valence-corrected chi connectivity index (χ0v) is 8.90. The van der Waals surface area contributed by atoms with E-state index in [1.54, 1.807) is 25.1 Å². The third-order valence-corrected chi connectivity index (χ3v) is 2.06. The number of ether oxygens (including phenoxy) is 1. The fraction of sp³-hybridized carbons (Fsp3) is 0.417. The highest BCUT2D eigenvalue weighted by Gasteiger charge is 2.01. The molecule has 1 rings (SSSR count). The molecule has 0 unspecified atom stereocenters. The van der Waals surface area contributed by atoms with Crippen LogP contribution in [0, 0.1) is 0 Å². The maximum atomic E-state index is 11.0. The van der Waals surface area contributed by atoms with E-state index in [0.717, 1.165) is 18.4 Å². The minimum Gasteiger partial charge on any atom is -0.508 e. The second-order valence-corrected chi connectivity index (χ2v) is 3.33. The second-order valence-electron chi connectivity index (χ2n) is 3.33. The summed E-state index contributed by atoms with van der Waals surface area (Å²) in [4.78, 5) is 11.0. The lowest BCUT2D eigenvalue weighted by molar-refractivity contribution is -0.143. The van der Waals surface area contributed by atoms with Gasteiger partial charge in [-0.1, -0.05) is 12.1 Å². The van der Waals surface area contributed by atoms with Crippen molar-refractivity contribution < 1.29 is 14.6 Å². The van der Waals surface area contributed by atoms with Gasteiger partial charge in [-0.05, 0) is 37.5 Å². The SMILES string of the molecule is CCOC(=O)CCCc1cccc(O)c1. The van der Waals surface area contributed by atoms with Gasteiger partial charge in [0.15, 0.2) is 0 Å². The van der Waals surface area contributed by atoms with Crippen LogP contribution in [0.3, 0.4) is 0 Å². The van der Waals surface area contributed by atoms with Gasteiger partial charge >= 0.3 is 5.97 Å². The number of rotatable bonds is 5. The highest BCUT2D eigenvalue weighted by Crippen LogP contribution is 2.13. The average molecular weight is 208 g/mol. The molecule has 1 aromatic carbocycles. The summed E-state index contributed by atoms with van der Waals surface area (Å²) in [7, 11) is 0. The van der Waals surface area contributed by atoms with Crippen LogP contribution in [0.1, 0.15) is 25.3 Å². The molecule has 1 N–H and O–H groups in total. The van der Waals surface area contributed by atoms with Gasteiger partial charge in [-0.15, -0.1) is 0 Å². The molecule has 0 aliphatic carbocycles. The summed E-state index contributed by atoms with van der Waals surface area (Å²) in [5, 5.41) is 9.21. The van der Waals surface area contributed by atoms with Gasteiger partial charge in [-0.25, -0.2) is 0 Å². The molecule has 0 radical (unpaired) electrons. The first kappa shape index (κ1) is 11.6. The van der Waals surface area contributed by atoms with Gasteiger partial charge in [0.25, 0.3) is 0 Å². The van der Waals surface area contributed by atoms with Gasteiger partial charge in [0, 0.05) is 6.42 Å². The molecule has 0 fully saturated rings. The van der Waals surface area contributed by atoms with Crippen molar-refractivity contribution >= 4 is 5.97 Å². The molecular formula is C12H16O3. The second kappa shape index (κ2) is 6.06. The molecule has 0 aromatic heterocycles. The number of aromatic hydroxyl groups is 1. The van der Waals surface area contributed by atoms with Crippen LogP contribution < -0.4 is 0 Å². The van der Waals surface area contributed by atoms with E-state index in [0.29, 0.717) is 13.0 Å². The first-order chi connectivity index (χ1) is 7.22. The van der Waals surface area contributed by atoms with Gasteiger partial charge in [0.1, 0.15) is 5.75 Å².